The molecule has 0 amide bonds. The Morgan fingerprint density at radius 3 is 2.78 bits per heavy atom. The molecule has 1 N–H and O–H groups in total. The quantitative estimate of drug-likeness (QED) is 0.863. The van der Waals surface area contributed by atoms with E-state index in [1.165, 1.54) is 5.56 Å². The van der Waals surface area contributed by atoms with Crippen molar-refractivity contribution >= 4 is 23.4 Å². The van der Waals surface area contributed by atoms with Gasteiger partial charge in [0.2, 0.25) is 0 Å². The molecule has 2 aromatic rings. The maximum Gasteiger partial charge on any atom is 0.118 e. The van der Waals surface area contributed by atoms with E-state index in [0.29, 0.717) is 0 Å². The average Bonchev–Trinajstić information content (AvgIpc) is 2.78. The van der Waals surface area contributed by atoms with Gasteiger partial charge in [-0.2, -0.15) is 11.8 Å². The first-order valence-corrected chi connectivity index (χ1v) is 7.57. The number of hydrogen-bond donors (Lipinski definition) is 1. The molecule has 1 aromatic carbocycles. The Kier molecular flexibility index (Phi) is 5.17. The Morgan fingerprint density at radius 1 is 1.17 bits per heavy atom. The molecule has 4 heteroatoms. The number of thioether (sulfide) groups is 1. The smallest absolute Gasteiger partial charge is 0.118 e. The highest BCUT2D eigenvalue weighted by Gasteiger charge is 2.01. The van der Waals surface area contributed by atoms with Crippen LogP contribution in [0.15, 0.2) is 40.8 Å². The topological polar surface area (TPSA) is 25.2 Å². The zero-order valence-corrected chi connectivity index (χ0v) is 11.9. The van der Waals surface area contributed by atoms with Crippen molar-refractivity contribution in [2.45, 2.75) is 18.8 Å². The molecular weight excluding hydrogens is 266 g/mol. The maximum atomic E-state index is 5.93. The van der Waals surface area contributed by atoms with E-state index >= 15 is 0 Å². The van der Waals surface area contributed by atoms with Crippen LogP contribution in [0.25, 0.3) is 0 Å². The monoisotopic (exact) mass is 281 g/mol. The van der Waals surface area contributed by atoms with Crippen molar-refractivity contribution in [3.8, 4) is 0 Å². The van der Waals surface area contributed by atoms with Crippen molar-refractivity contribution < 1.29 is 4.42 Å². The molecule has 1 heterocycles. The minimum absolute atomic E-state index is 0.737. The van der Waals surface area contributed by atoms with Crippen molar-refractivity contribution in [2.24, 2.45) is 0 Å². The molecule has 18 heavy (non-hydrogen) atoms. The lowest BCUT2D eigenvalue weighted by Crippen LogP contribution is -2.11. The van der Waals surface area contributed by atoms with Crippen LogP contribution >= 0.6 is 23.4 Å². The molecule has 0 saturated carbocycles. The fraction of sp³-hybridized carbons (Fsp3) is 0.286. The lowest BCUT2D eigenvalue weighted by molar-refractivity contribution is 0.459. The van der Waals surface area contributed by atoms with E-state index in [4.69, 9.17) is 16.0 Å². The molecule has 0 aliphatic carbocycles. The predicted molar refractivity (Wildman–Crippen MR) is 77.9 cm³/mol. The summed E-state index contributed by atoms with van der Waals surface area (Å²) in [5.41, 5.74) is 1.18. The van der Waals surface area contributed by atoms with Crippen LogP contribution < -0.4 is 5.32 Å². The Balaban J connectivity index is 1.81. The largest absolute Gasteiger partial charge is 0.464 e. The fourth-order valence-corrected chi connectivity index (χ4v) is 2.37. The number of rotatable bonds is 6. The summed E-state index contributed by atoms with van der Waals surface area (Å²) >= 11 is 7.69. The van der Waals surface area contributed by atoms with E-state index in [1.807, 2.05) is 30.3 Å². The zero-order chi connectivity index (χ0) is 12.8. The predicted octanol–water partition coefficient (Wildman–Crippen LogP) is 4.09. The Labute approximate surface area is 117 Å². The SMILES string of the molecule is CSCc1ccc(CNCc2cccc(Cl)c2)o1. The molecule has 0 radical (unpaired) electrons. The highest BCUT2D eigenvalue weighted by atomic mass is 35.5. The van der Waals surface area contributed by atoms with Gasteiger partial charge in [-0.25, -0.2) is 0 Å². The Bertz CT molecular complexity index is 498. The van der Waals surface area contributed by atoms with Gasteiger partial charge in [-0.05, 0) is 36.1 Å². The molecular formula is C14H16ClNOS. The zero-order valence-electron chi connectivity index (χ0n) is 10.3. The third-order valence-corrected chi connectivity index (χ3v) is 3.33. The minimum atomic E-state index is 0.737. The standard InChI is InChI=1S/C14H16ClNOS/c1-18-10-14-6-5-13(17-14)9-16-8-11-3-2-4-12(15)7-11/h2-7,16H,8-10H2,1H3. The lowest BCUT2D eigenvalue weighted by atomic mass is 10.2. The summed E-state index contributed by atoms with van der Waals surface area (Å²) in [5, 5.41) is 4.11. The Hall–Kier alpha value is -0.900. The summed E-state index contributed by atoms with van der Waals surface area (Å²) in [4.78, 5) is 0. The second-order valence-electron chi connectivity index (χ2n) is 4.03. The molecule has 2 rings (SSSR count). The molecule has 0 unspecified atom stereocenters. The molecule has 0 bridgehead atoms. The first-order valence-electron chi connectivity index (χ1n) is 5.79. The third-order valence-electron chi connectivity index (χ3n) is 2.52. The van der Waals surface area contributed by atoms with E-state index in [9.17, 15) is 0 Å². The van der Waals surface area contributed by atoms with Crippen LogP contribution in [0.5, 0.6) is 0 Å². The van der Waals surface area contributed by atoms with Gasteiger partial charge in [0.15, 0.2) is 0 Å². The van der Waals surface area contributed by atoms with Crippen LogP contribution in [0, 0.1) is 0 Å². The number of hydrogen-bond acceptors (Lipinski definition) is 3. The van der Waals surface area contributed by atoms with E-state index < -0.39 is 0 Å². The van der Waals surface area contributed by atoms with Gasteiger partial charge in [0.05, 0.1) is 12.3 Å². The van der Waals surface area contributed by atoms with Crippen LogP contribution in [-0.2, 0) is 18.8 Å². The molecule has 0 spiro atoms. The molecule has 0 aliphatic rings. The lowest BCUT2D eigenvalue weighted by Gasteiger charge is -2.03. The first-order chi connectivity index (χ1) is 8.78. The summed E-state index contributed by atoms with van der Waals surface area (Å²) in [6.45, 7) is 1.53. The van der Waals surface area contributed by atoms with Crippen molar-refractivity contribution in [3.63, 3.8) is 0 Å². The summed E-state index contributed by atoms with van der Waals surface area (Å²) in [7, 11) is 0. The van der Waals surface area contributed by atoms with Crippen molar-refractivity contribution in [1.82, 2.24) is 5.32 Å². The van der Waals surface area contributed by atoms with E-state index in [2.05, 4.69) is 17.6 Å². The summed E-state index contributed by atoms with van der Waals surface area (Å²) in [5.74, 6) is 2.93. The van der Waals surface area contributed by atoms with Gasteiger partial charge in [-0.15, -0.1) is 0 Å². The van der Waals surface area contributed by atoms with Crippen LogP contribution in [0.2, 0.25) is 5.02 Å². The minimum Gasteiger partial charge on any atom is -0.464 e. The second kappa shape index (κ2) is 6.88. The van der Waals surface area contributed by atoms with E-state index in [-0.39, 0.29) is 0 Å². The highest BCUT2D eigenvalue weighted by molar-refractivity contribution is 7.97. The van der Waals surface area contributed by atoms with Crippen LogP contribution in [0.4, 0.5) is 0 Å². The average molecular weight is 282 g/mol. The summed E-state index contributed by atoms with van der Waals surface area (Å²) in [6, 6.07) is 11.9. The molecule has 1 aromatic heterocycles. The molecule has 0 fully saturated rings. The van der Waals surface area contributed by atoms with Crippen molar-refractivity contribution in [2.75, 3.05) is 6.26 Å². The van der Waals surface area contributed by atoms with Gasteiger partial charge < -0.3 is 9.73 Å². The van der Waals surface area contributed by atoms with Crippen molar-refractivity contribution in [3.05, 3.63) is 58.5 Å². The van der Waals surface area contributed by atoms with E-state index in [1.54, 1.807) is 11.8 Å². The third kappa shape index (κ3) is 4.09. The maximum absolute atomic E-state index is 5.93. The van der Waals surface area contributed by atoms with Gasteiger partial charge in [-0.3, -0.25) is 0 Å². The normalized spacial score (nSPS) is 10.8. The number of benzene rings is 1. The number of halogens is 1. The molecule has 96 valence electrons. The van der Waals surface area contributed by atoms with Gasteiger partial charge >= 0.3 is 0 Å². The van der Waals surface area contributed by atoms with Gasteiger partial charge in [0, 0.05) is 11.6 Å². The molecule has 2 nitrogen and oxygen atoms in total. The number of furan rings is 1. The van der Waals surface area contributed by atoms with E-state index in [0.717, 1.165) is 35.4 Å². The molecule has 0 aliphatic heterocycles. The highest BCUT2D eigenvalue weighted by Crippen LogP contribution is 2.14. The summed E-state index contributed by atoms with van der Waals surface area (Å²) < 4.78 is 5.68. The Morgan fingerprint density at radius 2 is 2.00 bits per heavy atom. The van der Waals surface area contributed by atoms with Crippen LogP contribution in [0.1, 0.15) is 17.1 Å². The molecule has 0 atom stereocenters. The van der Waals surface area contributed by atoms with Gasteiger partial charge in [0.1, 0.15) is 11.5 Å². The van der Waals surface area contributed by atoms with Crippen LogP contribution in [-0.4, -0.2) is 6.26 Å². The fourth-order valence-electron chi connectivity index (χ4n) is 1.71. The van der Waals surface area contributed by atoms with Gasteiger partial charge in [-0.1, -0.05) is 23.7 Å². The van der Waals surface area contributed by atoms with Crippen LogP contribution in [0.3, 0.4) is 0 Å². The number of nitrogens with one attached hydrogen (secondary N) is 1. The summed E-state index contributed by atoms with van der Waals surface area (Å²) in [6.07, 6.45) is 2.07. The molecule has 0 saturated heterocycles. The first kappa shape index (κ1) is 13.5. The second-order valence-corrected chi connectivity index (χ2v) is 5.34. The van der Waals surface area contributed by atoms with Crippen molar-refractivity contribution in [1.29, 1.82) is 0 Å². The van der Waals surface area contributed by atoms with Gasteiger partial charge in [0.25, 0.3) is 0 Å².